The number of hydrogen-bond acceptors (Lipinski definition) is 4. The fourth-order valence-corrected chi connectivity index (χ4v) is 1.02. The molecular formula is C9H12N2O2. The van der Waals surface area contributed by atoms with Gasteiger partial charge < -0.3 is 10.2 Å². The molecule has 3 N–H and O–H groups in total. The molecule has 0 bridgehead atoms. The van der Waals surface area contributed by atoms with E-state index >= 15 is 0 Å². The van der Waals surface area contributed by atoms with E-state index in [1.807, 2.05) is 6.92 Å². The molecule has 0 aliphatic rings. The molecule has 70 valence electrons. The van der Waals surface area contributed by atoms with Crippen molar-refractivity contribution in [2.75, 3.05) is 12.5 Å². The van der Waals surface area contributed by atoms with Gasteiger partial charge in [-0.15, -0.1) is 0 Å². The van der Waals surface area contributed by atoms with Crippen molar-refractivity contribution in [1.82, 2.24) is 0 Å². The molecule has 0 aromatic heterocycles. The molecule has 0 aliphatic heterocycles. The number of anilines is 1. The van der Waals surface area contributed by atoms with Crippen LogP contribution in [-0.2, 0) is 4.74 Å². The highest BCUT2D eigenvalue weighted by molar-refractivity contribution is 5.90. The van der Waals surface area contributed by atoms with Gasteiger partial charge in [-0.3, -0.25) is 5.84 Å². The molecule has 0 aliphatic carbocycles. The van der Waals surface area contributed by atoms with Crippen LogP contribution >= 0.6 is 0 Å². The lowest BCUT2D eigenvalue weighted by molar-refractivity contribution is 0.0601. The Hall–Kier alpha value is -1.55. The smallest absolute Gasteiger partial charge is 0.337 e. The minimum absolute atomic E-state index is 0.364. The molecule has 0 saturated heterocycles. The topological polar surface area (TPSA) is 64.3 Å². The Labute approximate surface area is 76.7 Å². The summed E-state index contributed by atoms with van der Waals surface area (Å²) in [5.74, 6) is 4.89. The Kier molecular flexibility index (Phi) is 2.87. The van der Waals surface area contributed by atoms with Crippen LogP contribution in [0.4, 0.5) is 5.69 Å². The number of ether oxygens (including phenoxy) is 1. The number of hydrogen-bond donors (Lipinski definition) is 2. The minimum atomic E-state index is -0.364. The Morgan fingerprint density at radius 3 is 2.77 bits per heavy atom. The van der Waals surface area contributed by atoms with Crippen LogP contribution in [-0.4, -0.2) is 13.1 Å². The third kappa shape index (κ3) is 1.97. The van der Waals surface area contributed by atoms with Crippen LogP contribution in [0.3, 0.4) is 0 Å². The molecule has 1 rings (SSSR count). The van der Waals surface area contributed by atoms with E-state index in [1.165, 1.54) is 7.11 Å². The number of aryl methyl sites for hydroxylation is 1. The first-order chi connectivity index (χ1) is 6.19. The first kappa shape index (κ1) is 9.54. The summed E-state index contributed by atoms with van der Waals surface area (Å²) >= 11 is 0. The Morgan fingerprint density at radius 1 is 1.54 bits per heavy atom. The van der Waals surface area contributed by atoms with Crippen molar-refractivity contribution in [3.05, 3.63) is 29.3 Å². The quantitative estimate of drug-likeness (QED) is 0.406. The van der Waals surface area contributed by atoms with Crippen LogP contribution in [0, 0.1) is 6.92 Å². The summed E-state index contributed by atoms with van der Waals surface area (Å²) in [6, 6.07) is 5.16. The Balaban J connectivity index is 3.06. The summed E-state index contributed by atoms with van der Waals surface area (Å²) in [6.45, 7) is 1.90. The Bertz CT molecular complexity index is 323. The molecule has 0 fully saturated rings. The summed E-state index contributed by atoms with van der Waals surface area (Å²) in [6.07, 6.45) is 0. The summed E-state index contributed by atoms with van der Waals surface area (Å²) in [5.41, 5.74) is 4.70. The van der Waals surface area contributed by atoms with Gasteiger partial charge in [0.25, 0.3) is 0 Å². The Morgan fingerprint density at radius 2 is 2.23 bits per heavy atom. The van der Waals surface area contributed by atoms with E-state index in [9.17, 15) is 4.79 Å². The monoisotopic (exact) mass is 180 g/mol. The fourth-order valence-electron chi connectivity index (χ4n) is 1.02. The van der Waals surface area contributed by atoms with Crippen molar-refractivity contribution in [1.29, 1.82) is 0 Å². The zero-order valence-corrected chi connectivity index (χ0v) is 7.63. The molecule has 0 saturated carbocycles. The van der Waals surface area contributed by atoms with Crippen molar-refractivity contribution >= 4 is 11.7 Å². The molecule has 4 nitrogen and oxygen atoms in total. The molecule has 0 heterocycles. The lowest BCUT2D eigenvalue weighted by Gasteiger charge is -2.06. The van der Waals surface area contributed by atoms with Gasteiger partial charge in [0.05, 0.1) is 18.4 Å². The highest BCUT2D eigenvalue weighted by Crippen LogP contribution is 2.15. The first-order valence-electron chi connectivity index (χ1n) is 3.84. The number of nitrogens with two attached hydrogens (primary N) is 1. The number of carbonyl (C=O) groups is 1. The van der Waals surface area contributed by atoms with Crippen molar-refractivity contribution in [3.8, 4) is 0 Å². The molecule has 0 spiro atoms. The number of nitrogen functional groups attached to an aromatic ring is 1. The van der Waals surface area contributed by atoms with Crippen molar-refractivity contribution in [3.63, 3.8) is 0 Å². The van der Waals surface area contributed by atoms with Crippen LogP contribution in [0.15, 0.2) is 18.2 Å². The molecule has 0 amide bonds. The van der Waals surface area contributed by atoms with Crippen LogP contribution < -0.4 is 11.3 Å². The standard InChI is InChI=1S/C9H12N2O2/c1-6-3-4-7(9(12)13-2)5-8(6)11-10/h3-5,11H,10H2,1-2H3. The molecule has 1 aromatic rings. The largest absolute Gasteiger partial charge is 0.465 e. The van der Waals surface area contributed by atoms with Gasteiger partial charge in [-0.2, -0.15) is 0 Å². The van der Waals surface area contributed by atoms with Gasteiger partial charge in [-0.25, -0.2) is 4.79 Å². The maximum Gasteiger partial charge on any atom is 0.337 e. The normalized spacial score (nSPS) is 9.46. The lowest BCUT2D eigenvalue weighted by atomic mass is 10.1. The van der Waals surface area contributed by atoms with Gasteiger partial charge >= 0.3 is 5.97 Å². The van der Waals surface area contributed by atoms with Crippen molar-refractivity contribution < 1.29 is 9.53 Å². The zero-order valence-electron chi connectivity index (χ0n) is 7.63. The number of carbonyl (C=O) groups excluding carboxylic acids is 1. The molecular weight excluding hydrogens is 168 g/mol. The van der Waals surface area contributed by atoms with Crippen LogP contribution in [0.1, 0.15) is 15.9 Å². The van der Waals surface area contributed by atoms with E-state index in [-0.39, 0.29) is 5.97 Å². The van der Waals surface area contributed by atoms with E-state index in [0.29, 0.717) is 5.56 Å². The highest BCUT2D eigenvalue weighted by atomic mass is 16.5. The second-order valence-electron chi connectivity index (χ2n) is 2.67. The maximum atomic E-state index is 11.1. The predicted octanol–water partition coefficient (Wildman–Crippen LogP) is 1.07. The van der Waals surface area contributed by atoms with Crippen molar-refractivity contribution in [2.24, 2.45) is 5.84 Å². The first-order valence-corrected chi connectivity index (χ1v) is 3.84. The SMILES string of the molecule is COC(=O)c1ccc(C)c(NN)c1. The molecule has 0 radical (unpaired) electrons. The van der Waals surface area contributed by atoms with Crippen molar-refractivity contribution in [2.45, 2.75) is 6.92 Å². The van der Waals surface area contributed by atoms with Gasteiger partial charge in [0.2, 0.25) is 0 Å². The fraction of sp³-hybridized carbons (Fsp3) is 0.222. The minimum Gasteiger partial charge on any atom is -0.465 e. The summed E-state index contributed by atoms with van der Waals surface area (Å²) in [7, 11) is 1.34. The van der Waals surface area contributed by atoms with Crippen LogP contribution in [0.25, 0.3) is 0 Å². The second kappa shape index (κ2) is 3.91. The average Bonchev–Trinajstić information content (AvgIpc) is 2.17. The summed E-state index contributed by atoms with van der Waals surface area (Å²) in [5, 5.41) is 0. The van der Waals surface area contributed by atoms with Gasteiger partial charge in [-0.1, -0.05) is 6.07 Å². The van der Waals surface area contributed by atoms with Gasteiger partial charge in [0, 0.05) is 0 Å². The lowest BCUT2D eigenvalue weighted by Crippen LogP contribution is -2.10. The van der Waals surface area contributed by atoms with Gasteiger partial charge in [0.15, 0.2) is 0 Å². The average molecular weight is 180 g/mol. The number of rotatable bonds is 2. The summed E-state index contributed by atoms with van der Waals surface area (Å²) in [4.78, 5) is 11.1. The molecule has 13 heavy (non-hydrogen) atoms. The predicted molar refractivity (Wildman–Crippen MR) is 50.3 cm³/mol. The maximum absolute atomic E-state index is 11.1. The molecule has 4 heteroatoms. The van der Waals surface area contributed by atoms with E-state index in [0.717, 1.165) is 11.3 Å². The van der Waals surface area contributed by atoms with E-state index in [1.54, 1.807) is 18.2 Å². The van der Waals surface area contributed by atoms with E-state index in [2.05, 4.69) is 10.2 Å². The number of nitrogens with one attached hydrogen (secondary N) is 1. The van der Waals surface area contributed by atoms with E-state index in [4.69, 9.17) is 5.84 Å². The number of methoxy groups -OCH3 is 1. The third-order valence-electron chi connectivity index (χ3n) is 1.81. The summed E-state index contributed by atoms with van der Waals surface area (Å²) < 4.78 is 4.57. The number of hydrazine groups is 1. The van der Waals surface area contributed by atoms with E-state index < -0.39 is 0 Å². The van der Waals surface area contributed by atoms with Crippen LogP contribution in [0.2, 0.25) is 0 Å². The molecule has 0 atom stereocenters. The third-order valence-corrected chi connectivity index (χ3v) is 1.81. The molecule has 1 aromatic carbocycles. The zero-order chi connectivity index (χ0) is 9.84. The van der Waals surface area contributed by atoms with Crippen LogP contribution in [0.5, 0.6) is 0 Å². The number of esters is 1. The highest BCUT2D eigenvalue weighted by Gasteiger charge is 2.06. The van der Waals surface area contributed by atoms with Gasteiger partial charge in [-0.05, 0) is 24.6 Å². The molecule has 0 unspecified atom stereocenters. The second-order valence-corrected chi connectivity index (χ2v) is 2.67. The van der Waals surface area contributed by atoms with Gasteiger partial charge in [0.1, 0.15) is 0 Å². The number of benzene rings is 1.